The molecule has 2 aromatic rings. The lowest BCUT2D eigenvalue weighted by molar-refractivity contribution is 0.0235. The van der Waals surface area contributed by atoms with Crippen LogP contribution < -0.4 is 15.8 Å². The highest BCUT2D eigenvalue weighted by molar-refractivity contribution is 5.94. The number of nitrogen functional groups attached to an aromatic ring is 1. The number of nitrogens with one attached hydrogen (secondary N) is 1. The van der Waals surface area contributed by atoms with Gasteiger partial charge in [0.1, 0.15) is 11.6 Å². The van der Waals surface area contributed by atoms with E-state index in [-0.39, 0.29) is 24.0 Å². The summed E-state index contributed by atoms with van der Waals surface area (Å²) in [5, 5.41) is 12.8. The first kappa shape index (κ1) is 15.9. The highest BCUT2D eigenvalue weighted by Gasteiger charge is 2.36. The molecule has 1 aliphatic heterocycles. The van der Waals surface area contributed by atoms with Crippen molar-refractivity contribution in [2.24, 2.45) is 5.92 Å². The van der Waals surface area contributed by atoms with Gasteiger partial charge < -0.3 is 20.9 Å². The molecule has 1 atom stereocenters. The van der Waals surface area contributed by atoms with Crippen molar-refractivity contribution in [1.82, 2.24) is 10.3 Å². The maximum atomic E-state index is 12.6. The molecule has 0 spiro atoms. The lowest BCUT2D eigenvalue weighted by Gasteiger charge is -2.38. The number of nitrogens with zero attached hydrogens (tertiary/aromatic N) is 1. The Hall–Kier alpha value is -2.60. The van der Waals surface area contributed by atoms with Crippen molar-refractivity contribution in [3.63, 3.8) is 0 Å². The Morgan fingerprint density at radius 1 is 1.32 bits per heavy atom. The minimum Gasteiger partial charge on any atom is -0.493 e. The molecule has 1 aromatic carbocycles. The van der Waals surface area contributed by atoms with Crippen molar-refractivity contribution in [2.75, 3.05) is 12.3 Å². The lowest BCUT2D eigenvalue weighted by atomic mass is 9.74. The number of carbonyl (C=O) groups excluding carboxylic acids is 1. The van der Waals surface area contributed by atoms with Crippen LogP contribution >= 0.6 is 0 Å². The lowest BCUT2D eigenvalue weighted by Crippen LogP contribution is -2.41. The van der Waals surface area contributed by atoms with Crippen LogP contribution in [0.25, 0.3) is 0 Å². The van der Waals surface area contributed by atoms with Crippen molar-refractivity contribution >= 4 is 11.7 Å². The number of pyridine rings is 1. The Morgan fingerprint density at radius 2 is 2.16 bits per heavy atom. The third-order valence-electron chi connectivity index (χ3n) is 5.03. The van der Waals surface area contributed by atoms with E-state index < -0.39 is 0 Å². The standard InChI is InChI=1S/C19H21N3O3/c20-17-4-2-13(10-21-17)19(24)22-18(14-8-15(23)9-14)12-1-3-16-11(7-12)5-6-25-16/h1-4,7,10,14-15,18,23H,5-6,8-9H2,(H2,20,21)(H,22,24)/t14?,15?,18-/m1/s1. The van der Waals surface area contributed by atoms with Gasteiger partial charge in [-0.3, -0.25) is 4.79 Å². The van der Waals surface area contributed by atoms with Gasteiger partial charge in [-0.1, -0.05) is 6.07 Å². The average molecular weight is 339 g/mol. The van der Waals surface area contributed by atoms with E-state index >= 15 is 0 Å². The Labute approximate surface area is 146 Å². The molecule has 2 aliphatic rings. The Balaban J connectivity index is 1.58. The summed E-state index contributed by atoms with van der Waals surface area (Å²) in [5.41, 5.74) is 8.28. The minimum absolute atomic E-state index is 0.139. The van der Waals surface area contributed by atoms with Crippen LogP contribution in [0.3, 0.4) is 0 Å². The van der Waals surface area contributed by atoms with Crippen molar-refractivity contribution in [2.45, 2.75) is 31.4 Å². The molecule has 6 heteroatoms. The third kappa shape index (κ3) is 3.17. The van der Waals surface area contributed by atoms with Crippen LogP contribution in [0.4, 0.5) is 5.82 Å². The van der Waals surface area contributed by atoms with Crippen LogP contribution in [-0.2, 0) is 6.42 Å². The van der Waals surface area contributed by atoms with E-state index in [1.807, 2.05) is 12.1 Å². The van der Waals surface area contributed by atoms with Gasteiger partial charge in [-0.2, -0.15) is 0 Å². The number of hydrogen-bond acceptors (Lipinski definition) is 5. The molecule has 4 rings (SSSR count). The fourth-order valence-corrected chi connectivity index (χ4v) is 3.54. The van der Waals surface area contributed by atoms with Crippen LogP contribution in [0.15, 0.2) is 36.5 Å². The second kappa shape index (κ2) is 6.37. The van der Waals surface area contributed by atoms with Gasteiger partial charge in [-0.25, -0.2) is 4.98 Å². The first-order chi connectivity index (χ1) is 12.1. The Morgan fingerprint density at radius 3 is 2.88 bits per heavy atom. The number of amides is 1. The number of aromatic nitrogens is 1. The van der Waals surface area contributed by atoms with Crippen molar-refractivity contribution in [3.05, 3.63) is 53.2 Å². The number of benzene rings is 1. The molecule has 0 radical (unpaired) electrons. The number of fused-ring (bicyclic) bond motifs is 1. The number of anilines is 1. The molecule has 130 valence electrons. The molecule has 1 aromatic heterocycles. The zero-order valence-corrected chi connectivity index (χ0v) is 13.8. The molecule has 4 N–H and O–H groups in total. The van der Waals surface area contributed by atoms with Gasteiger partial charge in [0.2, 0.25) is 0 Å². The van der Waals surface area contributed by atoms with E-state index in [1.54, 1.807) is 12.1 Å². The van der Waals surface area contributed by atoms with Crippen LogP contribution in [0.1, 0.15) is 40.4 Å². The Bertz CT molecular complexity index is 785. The van der Waals surface area contributed by atoms with Crippen LogP contribution in [0.5, 0.6) is 5.75 Å². The average Bonchev–Trinajstić information content (AvgIpc) is 3.05. The summed E-state index contributed by atoms with van der Waals surface area (Å²) in [7, 11) is 0. The zero-order chi connectivity index (χ0) is 17.4. The molecule has 0 bridgehead atoms. The molecule has 6 nitrogen and oxygen atoms in total. The van der Waals surface area contributed by atoms with Gasteiger partial charge in [0, 0.05) is 12.6 Å². The van der Waals surface area contributed by atoms with E-state index in [9.17, 15) is 9.90 Å². The number of nitrogens with two attached hydrogens (primary N) is 1. The predicted octanol–water partition coefficient (Wildman–Crippen LogP) is 1.84. The molecular formula is C19H21N3O3. The van der Waals surface area contributed by atoms with Crippen molar-refractivity contribution in [1.29, 1.82) is 0 Å². The molecule has 0 unspecified atom stereocenters. The molecular weight excluding hydrogens is 318 g/mol. The van der Waals surface area contributed by atoms with Gasteiger partial charge >= 0.3 is 0 Å². The molecule has 1 amide bonds. The number of aliphatic hydroxyl groups is 1. The van der Waals surface area contributed by atoms with Gasteiger partial charge in [-0.05, 0) is 54.2 Å². The first-order valence-corrected chi connectivity index (χ1v) is 8.56. The maximum Gasteiger partial charge on any atom is 0.253 e. The zero-order valence-electron chi connectivity index (χ0n) is 13.8. The molecule has 1 fully saturated rings. The summed E-state index contributed by atoms with van der Waals surface area (Å²) in [6, 6.07) is 9.22. The fraction of sp³-hybridized carbons (Fsp3) is 0.368. The summed E-state index contributed by atoms with van der Waals surface area (Å²) in [5.74, 6) is 1.34. The highest BCUT2D eigenvalue weighted by Crippen LogP contribution is 2.39. The van der Waals surface area contributed by atoms with Crippen LogP contribution in [-0.4, -0.2) is 28.7 Å². The quantitative estimate of drug-likeness (QED) is 0.790. The topological polar surface area (TPSA) is 97.5 Å². The molecule has 25 heavy (non-hydrogen) atoms. The van der Waals surface area contributed by atoms with E-state index in [1.165, 1.54) is 11.8 Å². The first-order valence-electron chi connectivity index (χ1n) is 8.56. The monoisotopic (exact) mass is 339 g/mol. The summed E-state index contributed by atoms with van der Waals surface area (Å²) < 4.78 is 5.57. The number of carbonyl (C=O) groups is 1. The van der Waals surface area contributed by atoms with Gasteiger partial charge in [0.15, 0.2) is 0 Å². The maximum absolute atomic E-state index is 12.6. The van der Waals surface area contributed by atoms with Gasteiger partial charge in [0.25, 0.3) is 5.91 Å². The van der Waals surface area contributed by atoms with Crippen molar-refractivity contribution in [3.8, 4) is 5.75 Å². The molecule has 1 aliphatic carbocycles. The van der Waals surface area contributed by atoms with Gasteiger partial charge in [0.05, 0.1) is 24.3 Å². The molecule has 1 saturated carbocycles. The van der Waals surface area contributed by atoms with E-state index in [4.69, 9.17) is 10.5 Å². The summed E-state index contributed by atoms with van der Waals surface area (Å²) in [6.07, 6.45) is 3.48. The number of ether oxygens (including phenoxy) is 1. The highest BCUT2D eigenvalue weighted by atomic mass is 16.5. The smallest absolute Gasteiger partial charge is 0.253 e. The normalized spacial score (nSPS) is 22.4. The van der Waals surface area contributed by atoms with Crippen LogP contribution in [0.2, 0.25) is 0 Å². The van der Waals surface area contributed by atoms with Gasteiger partial charge in [-0.15, -0.1) is 0 Å². The number of rotatable bonds is 4. The molecule has 2 heterocycles. The Kier molecular flexibility index (Phi) is 4.05. The third-order valence-corrected chi connectivity index (χ3v) is 5.03. The minimum atomic E-state index is -0.277. The largest absolute Gasteiger partial charge is 0.493 e. The second-order valence-electron chi connectivity index (χ2n) is 6.77. The molecule has 0 saturated heterocycles. The summed E-state index contributed by atoms with van der Waals surface area (Å²) in [6.45, 7) is 0.703. The number of hydrogen-bond donors (Lipinski definition) is 3. The summed E-state index contributed by atoms with van der Waals surface area (Å²) >= 11 is 0. The summed E-state index contributed by atoms with van der Waals surface area (Å²) in [4.78, 5) is 16.6. The van der Waals surface area contributed by atoms with E-state index in [2.05, 4.69) is 16.4 Å². The number of aliphatic hydroxyl groups excluding tert-OH is 1. The fourth-order valence-electron chi connectivity index (χ4n) is 3.54. The SMILES string of the molecule is Nc1ccc(C(=O)N[C@H](c2ccc3c(c2)CCO3)C2CC(O)C2)cn1. The van der Waals surface area contributed by atoms with Crippen molar-refractivity contribution < 1.29 is 14.6 Å². The van der Waals surface area contributed by atoms with E-state index in [0.717, 1.165) is 17.7 Å². The predicted molar refractivity (Wildman–Crippen MR) is 93.2 cm³/mol. The van der Waals surface area contributed by atoms with E-state index in [0.29, 0.717) is 30.8 Å². The second-order valence-corrected chi connectivity index (χ2v) is 6.77. The van der Waals surface area contributed by atoms with Crippen LogP contribution in [0, 0.1) is 5.92 Å².